The van der Waals surface area contributed by atoms with Crippen molar-refractivity contribution in [3.8, 4) is 17.2 Å². The van der Waals surface area contributed by atoms with E-state index in [-0.39, 0.29) is 11.4 Å². The van der Waals surface area contributed by atoms with Crippen LogP contribution in [0.25, 0.3) is 6.08 Å². The molecule has 4 rings (SSSR count). The number of fused-ring (bicyclic) bond motifs is 1. The molecule has 0 aliphatic carbocycles. The van der Waals surface area contributed by atoms with Gasteiger partial charge in [-0.3, -0.25) is 10.2 Å². The topological polar surface area (TPSA) is 96.6 Å². The van der Waals surface area contributed by atoms with Crippen LogP contribution >= 0.6 is 34.4 Å². The number of methoxy groups -OCH3 is 1. The highest BCUT2D eigenvalue weighted by molar-refractivity contribution is 14.1. The lowest BCUT2D eigenvalue weighted by Gasteiger charge is -2.20. The molecule has 0 spiro atoms. The predicted molar refractivity (Wildman–Crippen MR) is 138 cm³/mol. The van der Waals surface area contributed by atoms with Crippen LogP contribution in [-0.2, 0) is 4.79 Å². The van der Waals surface area contributed by atoms with Crippen LogP contribution in [0.1, 0.15) is 18.9 Å². The van der Waals surface area contributed by atoms with Crippen LogP contribution in [0.4, 0.5) is 0 Å². The molecule has 1 amide bonds. The highest BCUT2D eigenvalue weighted by Gasteiger charge is 2.35. The number of rotatable bonds is 8. The second-order valence-corrected chi connectivity index (χ2v) is 9.11. The van der Waals surface area contributed by atoms with E-state index in [9.17, 15) is 4.79 Å². The zero-order valence-corrected chi connectivity index (χ0v) is 21.0. The zero-order valence-electron chi connectivity index (χ0n) is 18.0. The molecule has 2 aromatic rings. The van der Waals surface area contributed by atoms with Crippen molar-refractivity contribution >= 4 is 62.4 Å². The Labute approximate surface area is 209 Å². The van der Waals surface area contributed by atoms with Crippen molar-refractivity contribution in [1.82, 2.24) is 5.01 Å². The van der Waals surface area contributed by atoms with Gasteiger partial charge in [-0.25, -0.2) is 0 Å². The maximum absolute atomic E-state index is 12.6. The lowest BCUT2D eigenvalue weighted by Crippen LogP contribution is -2.35. The maximum Gasteiger partial charge on any atom is 0.283 e. The van der Waals surface area contributed by atoms with Crippen LogP contribution in [0.3, 0.4) is 0 Å². The van der Waals surface area contributed by atoms with Crippen molar-refractivity contribution in [3.05, 3.63) is 57.2 Å². The number of thioether (sulfide) groups is 1. The van der Waals surface area contributed by atoms with Crippen LogP contribution in [0.15, 0.2) is 58.1 Å². The van der Waals surface area contributed by atoms with Crippen LogP contribution < -0.4 is 14.2 Å². The Bertz CT molecular complexity index is 1180. The number of hydrogen-bond acceptors (Lipinski definition) is 7. The van der Waals surface area contributed by atoms with Crippen molar-refractivity contribution in [1.29, 1.82) is 5.41 Å². The number of carbonyl (C=O) groups excluding carboxylic acids is 1. The third-order valence-corrected chi connectivity index (χ3v) is 6.56. The Balaban J connectivity index is 1.50. The van der Waals surface area contributed by atoms with E-state index >= 15 is 0 Å². The number of ether oxygens (including phenoxy) is 3. The van der Waals surface area contributed by atoms with Crippen LogP contribution in [-0.4, -0.2) is 47.3 Å². The summed E-state index contributed by atoms with van der Waals surface area (Å²) in [7, 11) is 1.56. The Morgan fingerprint density at radius 2 is 1.94 bits per heavy atom. The highest BCUT2D eigenvalue weighted by atomic mass is 127. The number of amides is 1. The summed E-state index contributed by atoms with van der Waals surface area (Å²) in [6.07, 6.45) is 2.34. The predicted octanol–water partition coefficient (Wildman–Crippen LogP) is 4.79. The first-order chi connectivity index (χ1) is 16.0. The summed E-state index contributed by atoms with van der Waals surface area (Å²) >= 11 is 3.48. The molecule has 0 unspecified atom stereocenters. The van der Waals surface area contributed by atoms with Gasteiger partial charge in [0.2, 0.25) is 5.17 Å². The number of aliphatic imine (C=N–C) groups is 1. The molecule has 2 aromatic carbocycles. The quantitative estimate of drug-likeness (QED) is 0.276. The van der Waals surface area contributed by atoms with Gasteiger partial charge in [-0.15, -0.1) is 0 Å². The van der Waals surface area contributed by atoms with E-state index in [1.54, 1.807) is 19.3 Å². The summed E-state index contributed by atoms with van der Waals surface area (Å²) in [6.45, 7) is 2.69. The number of hydrogen-bond donors (Lipinski definition) is 1. The molecule has 33 heavy (non-hydrogen) atoms. The fourth-order valence-electron chi connectivity index (χ4n) is 3.12. The molecule has 2 heterocycles. The third-order valence-electron chi connectivity index (χ3n) is 4.70. The van der Waals surface area contributed by atoms with Crippen molar-refractivity contribution in [2.45, 2.75) is 13.3 Å². The summed E-state index contributed by atoms with van der Waals surface area (Å²) in [5, 5.41) is 15.5. The first-order valence-corrected chi connectivity index (χ1v) is 12.1. The highest BCUT2D eigenvalue weighted by Crippen LogP contribution is 2.35. The van der Waals surface area contributed by atoms with Gasteiger partial charge >= 0.3 is 0 Å². The second-order valence-electron chi connectivity index (χ2n) is 6.91. The molecule has 8 nitrogen and oxygen atoms in total. The van der Waals surface area contributed by atoms with Gasteiger partial charge in [0, 0.05) is 0 Å². The summed E-state index contributed by atoms with van der Waals surface area (Å²) in [6, 6.07) is 13.2. The fourth-order valence-corrected chi connectivity index (χ4v) is 4.73. The van der Waals surface area contributed by atoms with E-state index in [0.29, 0.717) is 41.9 Å². The molecule has 10 heteroatoms. The smallest absolute Gasteiger partial charge is 0.283 e. The molecule has 0 fully saturated rings. The molecule has 2 aliphatic rings. The first kappa shape index (κ1) is 23.3. The lowest BCUT2D eigenvalue weighted by atomic mass is 10.1. The van der Waals surface area contributed by atoms with Crippen molar-refractivity contribution in [2.24, 2.45) is 10.1 Å². The standard InChI is InChI=1S/C23H21IN4O4S/c1-3-19-27-28-21(25)16(22(29)26-23(28)33-19)11-14-12-17(24)20(18(13-14)30-2)32-10-9-31-15-7-5-4-6-8-15/h4-8,11-13,25H,3,9-10H2,1-2H3/b16-11+,25-21?. The molecular formula is C23H21IN4O4S. The monoisotopic (exact) mass is 576 g/mol. The van der Waals surface area contributed by atoms with E-state index in [0.717, 1.165) is 14.4 Å². The Morgan fingerprint density at radius 1 is 1.18 bits per heavy atom. The molecule has 0 aromatic heterocycles. The minimum absolute atomic E-state index is 0.00770. The molecule has 0 atom stereocenters. The number of benzene rings is 2. The minimum atomic E-state index is -0.460. The van der Waals surface area contributed by atoms with Gasteiger partial charge in [0.05, 0.1) is 16.3 Å². The fraction of sp³-hybridized carbons (Fsp3) is 0.217. The summed E-state index contributed by atoms with van der Waals surface area (Å²) < 4.78 is 17.9. The molecular weight excluding hydrogens is 555 g/mol. The molecule has 0 radical (unpaired) electrons. The molecule has 170 valence electrons. The Morgan fingerprint density at radius 3 is 2.67 bits per heavy atom. The van der Waals surface area contributed by atoms with Gasteiger partial charge < -0.3 is 14.2 Å². The molecule has 1 N–H and O–H groups in total. The van der Waals surface area contributed by atoms with Gasteiger partial charge in [0.25, 0.3) is 5.91 Å². The number of para-hydroxylation sites is 1. The molecule has 2 aliphatic heterocycles. The summed E-state index contributed by atoms with van der Waals surface area (Å²) in [5.74, 6) is 1.44. The zero-order chi connectivity index (χ0) is 23.4. The van der Waals surface area contributed by atoms with E-state index in [2.05, 4.69) is 32.7 Å². The van der Waals surface area contributed by atoms with Gasteiger partial charge in [-0.05, 0) is 76.7 Å². The summed E-state index contributed by atoms with van der Waals surface area (Å²) in [5.41, 5.74) is 0.866. The number of hydrazone groups is 1. The number of nitrogens with one attached hydrogen (secondary N) is 1. The van der Waals surface area contributed by atoms with E-state index in [1.165, 1.54) is 16.8 Å². The Hall–Kier alpha value is -2.86. The summed E-state index contributed by atoms with van der Waals surface area (Å²) in [4.78, 5) is 16.7. The van der Waals surface area contributed by atoms with Gasteiger partial charge in [0.1, 0.15) is 24.0 Å². The van der Waals surface area contributed by atoms with Crippen molar-refractivity contribution in [3.63, 3.8) is 0 Å². The first-order valence-electron chi connectivity index (χ1n) is 10.2. The van der Waals surface area contributed by atoms with Crippen LogP contribution in [0.5, 0.6) is 17.2 Å². The van der Waals surface area contributed by atoms with Gasteiger partial charge in [-0.2, -0.15) is 15.1 Å². The molecule has 0 bridgehead atoms. The average molecular weight is 576 g/mol. The maximum atomic E-state index is 12.6. The number of halogens is 1. The number of nitrogens with zero attached hydrogens (tertiary/aromatic N) is 3. The van der Waals surface area contributed by atoms with E-state index in [4.69, 9.17) is 19.6 Å². The second kappa shape index (κ2) is 10.4. The Kier molecular flexibility index (Phi) is 7.33. The number of carbonyl (C=O) groups is 1. The van der Waals surface area contributed by atoms with Gasteiger partial charge in [0.15, 0.2) is 17.3 Å². The minimum Gasteiger partial charge on any atom is -0.493 e. The van der Waals surface area contributed by atoms with Crippen molar-refractivity contribution < 1.29 is 19.0 Å². The molecule has 0 saturated heterocycles. The van der Waals surface area contributed by atoms with Crippen LogP contribution in [0.2, 0.25) is 0 Å². The van der Waals surface area contributed by atoms with E-state index < -0.39 is 5.91 Å². The third kappa shape index (κ3) is 5.22. The molecule has 0 saturated carbocycles. The lowest BCUT2D eigenvalue weighted by molar-refractivity contribution is -0.114. The number of amidine groups is 2. The largest absolute Gasteiger partial charge is 0.493 e. The van der Waals surface area contributed by atoms with Gasteiger partial charge in [-0.1, -0.05) is 25.1 Å². The average Bonchev–Trinajstić information content (AvgIpc) is 3.24. The SMILES string of the molecule is CCC1=NN2C(=N)/C(=C\c3cc(I)c(OCCOc4ccccc4)c(OC)c3)C(=O)N=C2S1. The normalized spacial score (nSPS) is 16.5. The van der Waals surface area contributed by atoms with Crippen molar-refractivity contribution in [2.75, 3.05) is 20.3 Å². The van der Waals surface area contributed by atoms with E-state index in [1.807, 2.05) is 43.3 Å². The van der Waals surface area contributed by atoms with Crippen LogP contribution in [0, 0.1) is 8.98 Å².